The fourth-order valence-electron chi connectivity index (χ4n) is 1.10. The third kappa shape index (κ3) is 1.89. The first kappa shape index (κ1) is 8.87. The molecule has 0 bridgehead atoms. The lowest BCUT2D eigenvalue weighted by Crippen LogP contribution is -2.51. The average Bonchev–Trinajstić information content (AvgIpc) is 2.05. The zero-order chi connectivity index (χ0) is 8.97. The number of hydrogen-bond donors (Lipinski definition) is 2. The van der Waals surface area contributed by atoms with Crippen LogP contribution in [0.3, 0.4) is 0 Å². The van der Waals surface area contributed by atoms with Crippen molar-refractivity contribution >= 4 is 0 Å². The van der Waals surface area contributed by atoms with Crippen LogP contribution in [0.5, 0.6) is 11.5 Å². The van der Waals surface area contributed by atoms with Crippen LogP contribution in [-0.2, 0) is 6.42 Å². The summed E-state index contributed by atoms with van der Waals surface area (Å²) in [6, 6.07) is 5.41. The van der Waals surface area contributed by atoms with Gasteiger partial charge in [-0.15, -0.1) is 0 Å². The molecule has 4 N–H and O–H groups in total. The van der Waals surface area contributed by atoms with Gasteiger partial charge < -0.3 is 15.6 Å². The second-order valence-corrected chi connectivity index (χ2v) is 2.61. The predicted octanol–water partition coefficient (Wildman–Crippen LogP) is 0.185. The van der Waals surface area contributed by atoms with Gasteiger partial charge in [0.2, 0.25) is 0 Å². The van der Waals surface area contributed by atoms with Gasteiger partial charge in [-0.25, -0.2) is 0 Å². The standard InChI is InChI=1S/C9H13NO2/c1-12-9-3-2-7(4-5-10)6-8(9)11/h2-3,6,11H,4-5,10H2,1H3/p+1. The zero-order valence-corrected chi connectivity index (χ0v) is 7.21. The van der Waals surface area contributed by atoms with Gasteiger partial charge in [-0.2, -0.15) is 0 Å². The van der Waals surface area contributed by atoms with Crippen LogP contribution in [0.25, 0.3) is 0 Å². The lowest BCUT2D eigenvalue weighted by atomic mass is 10.1. The third-order valence-corrected chi connectivity index (χ3v) is 1.71. The van der Waals surface area contributed by atoms with E-state index in [0.717, 1.165) is 18.5 Å². The van der Waals surface area contributed by atoms with Gasteiger partial charge in [0, 0.05) is 6.42 Å². The first-order valence-corrected chi connectivity index (χ1v) is 3.93. The molecule has 3 nitrogen and oxygen atoms in total. The normalized spacial score (nSPS) is 9.83. The number of benzene rings is 1. The van der Waals surface area contributed by atoms with Gasteiger partial charge >= 0.3 is 0 Å². The Morgan fingerprint density at radius 1 is 1.50 bits per heavy atom. The summed E-state index contributed by atoms with van der Waals surface area (Å²) in [4.78, 5) is 0. The highest BCUT2D eigenvalue weighted by Crippen LogP contribution is 2.25. The summed E-state index contributed by atoms with van der Waals surface area (Å²) in [5.41, 5.74) is 4.83. The number of methoxy groups -OCH3 is 1. The molecular weight excluding hydrogens is 154 g/mol. The van der Waals surface area contributed by atoms with Crippen molar-refractivity contribution in [1.82, 2.24) is 0 Å². The van der Waals surface area contributed by atoms with E-state index in [2.05, 4.69) is 5.73 Å². The molecule has 1 rings (SSSR count). The maximum absolute atomic E-state index is 9.37. The lowest BCUT2D eigenvalue weighted by Gasteiger charge is -2.04. The van der Waals surface area contributed by atoms with Crippen molar-refractivity contribution in [3.05, 3.63) is 23.8 Å². The van der Waals surface area contributed by atoms with Gasteiger partial charge in [0.25, 0.3) is 0 Å². The molecule has 0 heterocycles. The minimum atomic E-state index is 0.198. The van der Waals surface area contributed by atoms with Crippen LogP contribution in [0.2, 0.25) is 0 Å². The second-order valence-electron chi connectivity index (χ2n) is 2.61. The fraction of sp³-hybridized carbons (Fsp3) is 0.333. The van der Waals surface area contributed by atoms with Crippen LogP contribution in [0.4, 0.5) is 0 Å². The molecule has 0 saturated heterocycles. The molecule has 66 valence electrons. The molecule has 0 aliphatic rings. The van der Waals surface area contributed by atoms with Gasteiger partial charge in [-0.05, 0) is 17.7 Å². The van der Waals surface area contributed by atoms with Gasteiger partial charge in [0.15, 0.2) is 11.5 Å². The highest BCUT2D eigenvalue weighted by atomic mass is 16.5. The van der Waals surface area contributed by atoms with Crippen molar-refractivity contribution in [3.63, 3.8) is 0 Å². The lowest BCUT2D eigenvalue weighted by molar-refractivity contribution is -0.366. The van der Waals surface area contributed by atoms with Crippen LogP contribution < -0.4 is 10.5 Å². The first-order valence-electron chi connectivity index (χ1n) is 3.93. The maximum atomic E-state index is 9.37. The molecule has 1 aromatic rings. The highest BCUT2D eigenvalue weighted by Gasteiger charge is 2.01. The van der Waals surface area contributed by atoms with E-state index in [-0.39, 0.29) is 5.75 Å². The zero-order valence-electron chi connectivity index (χ0n) is 7.21. The Hall–Kier alpha value is -1.22. The number of phenols is 1. The van der Waals surface area contributed by atoms with E-state index in [9.17, 15) is 5.11 Å². The van der Waals surface area contributed by atoms with Crippen molar-refractivity contribution in [2.75, 3.05) is 13.7 Å². The Balaban J connectivity index is 2.86. The summed E-state index contributed by atoms with van der Waals surface area (Å²) in [5.74, 6) is 0.714. The molecule has 0 aromatic heterocycles. The molecule has 0 radical (unpaired) electrons. The molecule has 0 atom stereocenters. The highest BCUT2D eigenvalue weighted by molar-refractivity contribution is 5.41. The molecule has 0 spiro atoms. The molecule has 0 saturated carbocycles. The first-order chi connectivity index (χ1) is 5.77. The minimum absolute atomic E-state index is 0.198. The number of quaternary nitrogens is 1. The summed E-state index contributed by atoms with van der Waals surface area (Å²) in [6.45, 7) is 0.839. The minimum Gasteiger partial charge on any atom is -0.504 e. The summed E-state index contributed by atoms with van der Waals surface area (Å²) >= 11 is 0. The molecule has 12 heavy (non-hydrogen) atoms. The molecular formula is C9H14NO2+. The largest absolute Gasteiger partial charge is 0.504 e. The Labute approximate surface area is 71.8 Å². The van der Waals surface area contributed by atoms with Crippen molar-refractivity contribution in [2.24, 2.45) is 0 Å². The topological polar surface area (TPSA) is 57.1 Å². The molecule has 0 unspecified atom stereocenters. The van der Waals surface area contributed by atoms with Crippen molar-refractivity contribution in [1.29, 1.82) is 0 Å². The number of aromatic hydroxyl groups is 1. The molecule has 0 fully saturated rings. The van der Waals surface area contributed by atoms with Crippen molar-refractivity contribution < 1.29 is 15.6 Å². The van der Waals surface area contributed by atoms with Crippen LogP contribution in [0.15, 0.2) is 18.2 Å². The second kappa shape index (κ2) is 3.97. The molecule has 3 heteroatoms. The van der Waals surface area contributed by atoms with E-state index >= 15 is 0 Å². The maximum Gasteiger partial charge on any atom is 0.160 e. The quantitative estimate of drug-likeness (QED) is 0.676. The van der Waals surface area contributed by atoms with Gasteiger partial charge in [-0.1, -0.05) is 6.07 Å². The number of phenolic OH excluding ortho intramolecular Hbond substituents is 1. The molecule has 0 amide bonds. The van der Waals surface area contributed by atoms with Gasteiger partial charge in [0.05, 0.1) is 13.7 Å². The molecule has 0 aliphatic carbocycles. The SMILES string of the molecule is COc1ccc(CC[NH3+])cc1O. The van der Waals surface area contributed by atoms with Gasteiger partial charge in [-0.3, -0.25) is 0 Å². The van der Waals surface area contributed by atoms with E-state index < -0.39 is 0 Å². The third-order valence-electron chi connectivity index (χ3n) is 1.71. The van der Waals surface area contributed by atoms with E-state index in [1.807, 2.05) is 6.07 Å². The van der Waals surface area contributed by atoms with E-state index in [1.165, 1.54) is 7.11 Å². The Bertz CT molecular complexity index is 261. The Morgan fingerprint density at radius 3 is 2.75 bits per heavy atom. The fourth-order valence-corrected chi connectivity index (χ4v) is 1.10. The van der Waals surface area contributed by atoms with E-state index in [1.54, 1.807) is 12.1 Å². The summed E-state index contributed by atoms with van der Waals surface area (Å²) in [6.07, 6.45) is 0.886. The van der Waals surface area contributed by atoms with Crippen molar-refractivity contribution in [2.45, 2.75) is 6.42 Å². The van der Waals surface area contributed by atoms with E-state index in [0.29, 0.717) is 5.75 Å². The van der Waals surface area contributed by atoms with Gasteiger partial charge in [0.1, 0.15) is 0 Å². The Morgan fingerprint density at radius 2 is 2.25 bits per heavy atom. The van der Waals surface area contributed by atoms with Crippen LogP contribution >= 0.6 is 0 Å². The smallest absolute Gasteiger partial charge is 0.160 e. The number of hydrogen-bond acceptors (Lipinski definition) is 2. The average molecular weight is 168 g/mol. The van der Waals surface area contributed by atoms with Crippen molar-refractivity contribution in [3.8, 4) is 11.5 Å². The molecule has 0 aliphatic heterocycles. The number of rotatable bonds is 3. The Kier molecular flexibility index (Phi) is 2.94. The van der Waals surface area contributed by atoms with E-state index in [4.69, 9.17) is 4.74 Å². The monoisotopic (exact) mass is 168 g/mol. The molecule has 1 aromatic carbocycles. The summed E-state index contributed by atoms with van der Waals surface area (Å²) in [7, 11) is 1.54. The summed E-state index contributed by atoms with van der Waals surface area (Å²) in [5, 5.41) is 9.37. The summed E-state index contributed by atoms with van der Waals surface area (Å²) < 4.78 is 4.91. The van der Waals surface area contributed by atoms with Crippen LogP contribution in [0.1, 0.15) is 5.56 Å². The van der Waals surface area contributed by atoms with Crippen LogP contribution in [-0.4, -0.2) is 18.8 Å². The van der Waals surface area contributed by atoms with Crippen LogP contribution in [0, 0.1) is 0 Å². The number of ether oxygens (including phenoxy) is 1. The predicted molar refractivity (Wildman–Crippen MR) is 46.1 cm³/mol.